The second kappa shape index (κ2) is 8.03. The third kappa shape index (κ3) is 3.93. The van der Waals surface area contributed by atoms with E-state index >= 15 is 0 Å². The van der Waals surface area contributed by atoms with E-state index in [9.17, 15) is 9.18 Å². The Morgan fingerprint density at radius 1 is 1.43 bits per heavy atom. The molecule has 0 atom stereocenters. The van der Waals surface area contributed by atoms with Gasteiger partial charge in [0.25, 0.3) is 0 Å². The molecule has 4 rings (SSSR count). The second-order valence-corrected chi connectivity index (χ2v) is 6.29. The highest BCUT2D eigenvalue weighted by Crippen LogP contribution is 2.29. The fraction of sp³-hybridized carbons (Fsp3) is 0.263. The van der Waals surface area contributed by atoms with Gasteiger partial charge in [0, 0.05) is 30.8 Å². The van der Waals surface area contributed by atoms with Crippen molar-refractivity contribution in [2.75, 3.05) is 19.9 Å². The average molecular weight is 384 g/mol. The standard InChI is InChI=1S/C15H15FN6O.C4H6O/c1-19-14(17)9-6-11(16)13(21-15(9)18)10-7-20-22-4-3-8(23-2)5-12(10)22;5-3-4-1-2-4/h3-7H,1-2H3,(H2,17,19)(H2,18,21);3-4H,1-2H2. The zero-order valence-corrected chi connectivity index (χ0v) is 15.6. The molecule has 9 heteroatoms. The summed E-state index contributed by atoms with van der Waals surface area (Å²) in [5.74, 6) is 0.758. The number of aldehydes is 1. The van der Waals surface area contributed by atoms with Crippen LogP contribution in [0.15, 0.2) is 35.6 Å². The highest BCUT2D eigenvalue weighted by atomic mass is 19.1. The van der Waals surface area contributed by atoms with Crippen LogP contribution in [0.25, 0.3) is 16.8 Å². The maximum absolute atomic E-state index is 14.5. The lowest BCUT2D eigenvalue weighted by molar-refractivity contribution is -0.108. The number of nitrogen functional groups attached to an aromatic ring is 1. The van der Waals surface area contributed by atoms with Crippen molar-refractivity contribution in [2.45, 2.75) is 12.8 Å². The number of carbonyl (C=O) groups excluding carboxylic acids is 1. The normalized spacial score (nSPS) is 13.8. The van der Waals surface area contributed by atoms with E-state index < -0.39 is 5.82 Å². The molecule has 8 nitrogen and oxygen atoms in total. The first-order valence-electron chi connectivity index (χ1n) is 8.64. The Bertz CT molecular complexity index is 1040. The van der Waals surface area contributed by atoms with Gasteiger partial charge in [0.15, 0.2) is 5.82 Å². The van der Waals surface area contributed by atoms with E-state index in [4.69, 9.17) is 16.2 Å². The lowest BCUT2D eigenvalue weighted by atomic mass is 10.1. The molecule has 0 aromatic carbocycles. The van der Waals surface area contributed by atoms with Gasteiger partial charge in [-0.3, -0.25) is 4.99 Å². The van der Waals surface area contributed by atoms with Gasteiger partial charge in [-0.25, -0.2) is 13.9 Å². The number of fused-ring (bicyclic) bond motifs is 1. The van der Waals surface area contributed by atoms with Crippen molar-refractivity contribution in [1.29, 1.82) is 0 Å². The van der Waals surface area contributed by atoms with Crippen molar-refractivity contribution in [3.05, 3.63) is 42.0 Å². The summed E-state index contributed by atoms with van der Waals surface area (Å²) in [5.41, 5.74) is 13.1. The van der Waals surface area contributed by atoms with E-state index in [2.05, 4.69) is 15.1 Å². The number of ether oxygens (including phenoxy) is 1. The van der Waals surface area contributed by atoms with Crippen LogP contribution in [-0.4, -0.2) is 40.9 Å². The predicted molar refractivity (Wildman–Crippen MR) is 105 cm³/mol. The largest absolute Gasteiger partial charge is 0.497 e. The molecule has 3 heterocycles. The third-order valence-corrected chi connectivity index (χ3v) is 4.32. The molecule has 1 saturated carbocycles. The van der Waals surface area contributed by atoms with Crippen molar-refractivity contribution in [1.82, 2.24) is 14.6 Å². The molecule has 3 aromatic heterocycles. The Hall–Kier alpha value is -3.49. The third-order valence-electron chi connectivity index (χ3n) is 4.32. The van der Waals surface area contributed by atoms with E-state index in [-0.39, 0.29) is 22.9 Å². The number of aromatic nitrogens is 3. The molecule has 1 aliphatic carbocycles. The summed E-state index contributed by atoms with van der Waals surface area (Å²) in [6.07, 6.45) is 6.55. The van der Waals surface area contributed by atoms with Crippen LogP contribution in [0, 0.1) is 11.7 Å². The zero-order valence-electron chi connectivity index (χ0n) is 15.6. The van der Waals surface area contributed by atoms with Gasteiger partial charge in [-0.1, -0.05) is 0 Å². The smallest absolute Gasteiger partial charge is 0.150 e. The highest BCUT2D eigenvalue weighted by Gasteiger charge is 2.19. The molecule has 146 valence electrons. The minimum atomic E-state index is -0.557. The van der Waals surface area contributed by atoms with Crippen LogP contribution in [0.5, 0.6) is 5.75 Å². The van der Waals surface area contributed by atoms with Crippen molar-refractivity contribution in [3.8, 4) is 17.0 Å². The van der Waals surface area contributed by atoms with E-state index in [0.29, 0.717) is 22.7 Å². The summed E-state index contributed by atoms with van der Waals surface area (Å²) in [4.78, 5) is 17.5. The first-order chi connectivity index (χ1) is 13.5. The van der Waals surface area contributed by atoms with Gasteiger partial charge >= 0.3 is 0 Å². The van der Waals surface area contributed by atoms with Crippen molar-refractivity contribution in [3.63, 3.8) is 0 Å². The Labute approximate surface area is 161 Å². The Kier molecular flexibility index (Phi) is 5.53. The molecular weight excluding hydrogens is 363 g/mol. The van der Waals surface area contributed by atoms with Crippen LogP contribution in [-0.2, 0) is 4.79 Å². The average Bonchev–Trinajstić information content (AvgIpc) is 3.47. The first kappa shape index (κ1) is 19.3. The van der Waals surface area contributed by atoms with Gasteiger partial charge < -0.3 is 21.0 Å². The van der Waals surface area contributed by atoms with Crippen molar-refractivity contribution in [2.24, 2.45) is 16.6 Å². The summed E-state index contributed by atoms with van der Waals surface area (Å²) in [7, 11) is 3.05. The van der Waals surface area contributed by atoms with E-state index in [1.54, 1.807) is 30.0 Å². The number of methoxy groups -OCH3 is 1. The van der Waals surface area contributed by atoms with Crippen LogP contribution < -0.4 is 16.2 Å². The number of nitrogens with two attached hydrogens (primary N) is 2. The van der Waals surface area contributed by atoms with Crippen molar-refractivity contribution < 1.29 is 13.9 Å². The number of nitrogens with zero attached hydrogens (tertiary/aromatic N) is 4. The number of hydrogen-bond donors (Lipinski definition) is 2. The molecule has 1 fully saturated rings. The maximum atomic E-state index is 14.5. The highest BCUT2D eigenvalue weighted by molar-refractivity contribution is 6.01. The monoisotopic (exact) mass is 384 g/mol. The lowest BCUT2D eigenvalue weighted by Gasteiger charge is -2.08. The number of halogens is 1. The molecule has 4 N–H and O–H groups in total. The van der Waals surface area contributed by atoms with Crippen LogP contribution in [0.1, 0.15) is 18.4 Å². The van der Waals surface area contributed by atoms with Gasteiger partial charge in [-0.15, -0.1) is 0 Å². The van der Waals surface area contributed by atoms with Gasteiger partial charge in [0.1, 0.15) is 29.4 Å². The molecule has 28 heavy (non-hydrogen) atoms. The number of pyridine rings is 2. The minimum absolute atomic E-state index is 0.0957. The summed E-state index contributed by atoms with van der Waals surface area (Å²) in [5, 5.41) is 4.18. The number of hydrogen-bond acceptors (Lipinski definition) is 6. The number of amidine groups is 1. The molecule has 0 amide bonds. The van der Waals surface area contributed by atoms with Crippen molar-refractivity contribution >= 4 is 23.5 Å². The summed E-state index contributed by atoms with van der Waals surface area (Å²) in [6, 6.07) is 4.72. The van der Waals surface area contributed by atoms with Gasteiger partial charge in [-0.05, 0) is 25.0 Å². The maximum Gasteiger partial charge on any atom is 0.150 e. The number of rotatable bonds is 4. The molecule has 0 aliphatic heterocycles. The molecule has 0 unspecified atom stereocenters. The molecular formula is C19H21FN6O2. The zero-order chi connectivity index (χ0) is 20.3. The molecule has 1 aliphatic rings. The van der Waals surface area contributed by atoms with Crippen LogP contribution in [0.2, 0.25) is 0 Å². The summed E-state index contributed by atoms with van der Waals surface area (Å²) in [6.45, 7) is 0. The fourth-order valence-corrected chi connectivity index (χ4v) is 2.52. The number of anilines is 1. The molecule has 0 saturated heterocycles. The molecule has 0 spiro atoms. The summed E-state index contributed by atoms with van der Waals surface area (Å²) < 4.78 is 21.3. The van der Waals surface area contributed by atoms with E-state index in [1.165, 1.54) is 19.3 Å². The number of aliphatic imine (C=N–C) groups is 1. The van der Waals surface area contributed by atoms with Gasteiger partial charge in [0.05, 0.1) is 24.4 Å². The Morgan fingerprint density at radius 3 is 2.75 bits per heavy atom. The van der Waals surface area contributed by atoms with Gasteiger partial charge in [-0.2, -0.15) is 5.10 Å². The van der Waals surface area contributed by atoms with E-state index in [1.807, 2.05) is 0 Å². The van der Waals surface area contributed by atoms with E-state index in [0.717, 1.165) is 19.1 Å². The molecule has 3 aromatic rings. The summed E-state index contributed by atoms with van der Waals surface area (Å²) >= 11 is 0. The molecule has 0 radical (unpaired) electrons. The quantitative estimate of drug-likeness (QED) is 0.403. The predicted octanol–water partition coefficient (Wildman–Crippen LogP) is 2.06. The topological polar surface area (TPSA) is 121 Å². The Balaban J connectivity index is 0.000000391. The SMILES string of the molecule is CN=C(N)c1cc(F)c(-c2cnn3ccc(OC)cc23)nc1N.O=CC1CC1. The fourth-order valence-electron chi connectivity index (χ4n) is 2.52. The second-order valence-electron chi connectivity index (χ2n) is 6.29. The first-order valence-corrected chi connectivity index (χ1v) is 8.64. The number of carbonyl (C=O) groups is 1. The molecule has 0 bridgehead atoms. The minimum Gasteiger partial charge on any atom is -0.497 e. The van der Waals surface area contributed by atoms with Gasteiger partial charge in [0.2, 0.25) is 0 Å². The lowest BCUT2D eigenvalue weighted by Crippen LogP contribution is -2.17. The Morgan fingerprint density at radius 2 is 2.18 bits per heavy atom. The van der Waals surface area contributed by atoms with Crippen LogP contribution in [0.3, 0.4) is 0 Å². The van der Waals surface area contributed by atoms with Crippen LogP contribution >= 0.6 is 0 Å². The van der Waals surface area contributed by atoms with Crippen LogP contribution in [0.4, 0.5) is 10.2 Å².